The summed E-state index contributed by atoms with van der Waals surface area (Å²) in [5.41, 5.74) is 4.78. The smallest absolute Gasteiger partial charge is 0.402 e. The summed E-state index contributed by atoms with van der Waals surface area (Å²) in [5, 5.41) is 24.8. The number of carboxylic acid groups (broad SMARTS) is 1. The van der Waals surface area contributed by atoms with E-state index in [1.807, 2.05) is 18.2 Å². The van der Waals surface area contributed by atoms with E-state index in [-0.39, 0.29) is 6.61 Å². The molecule has 0 aliphatic rings. The lowest BCUT2D eigenvalue weighted by atomic mass is 10.1. The number of rotatable bonds is 2. The lowest BCUT2D eigenvalue weighted by molar-refractivity contribution is 0.0956. The Morgan fingerprint density at radius 1 is 1.36 bits per heavy atom. The van der Waals surface area contributed by atoms with Crippen molar-refractivity contribution < 1.29 is 20.1 Å². The van der Waals surface area contributed by atoms with Crippen LogP contribution in [0, 0.1) is 0 Å². The van der Waals surface area contributed by atoms with Gasteiger partial charge in [0, 0.05) is 0 Å². The van der Waals surface area contributed by atoms with E-state index >= 15 is 0 Å². The Morgan fingerprint density at radius 3 is 2.14 bits per heavy atom. The van der Waals surface area contributed by atoms with Crippen LogP contribution in [0.1, 0.15) is 11.7 Å². The number of primary amides is 1. The highest BCUT2D eigenvalue weighted by molar-refractivity contribution is 5.61. The van der Waals surface area contributed by atoms with Crippen LogP contribution in [0.25, 0.3) is 0 Å². The van der Waals surface area contributed by atoms with Crippen LogP contribution < -0.4 is 5.73 Å². The Balaban J connectivity index is 0.000000364. The third-order valence-electron chi connectivity index (χ3n) is 1.36. The number of aliphatic hydroxyl groups is 2. The van der Waals surface area contributed by atoms with E-state index in [1.165, 1.54) is 0 Å². The quantitative estimate of drug-likeness (QED) is 0.551. The highest BCUT2D eigenvalue weighted by Crippen LogP contribution is 2.09. The molecule has 0 saturated heterocycles. The minimum Gasteiger partial charge on any atom is -0.465 e. The molecule has 1 atom stereocenters. The Labute approximate surface area is 81.4 Å². The second-order valence-electron chi connectivity index (χ2n) is 2.45. The highest BCUT2D eigenvalue weighted by atomic mass is 16.4. The molecule has 0 heterocycles. The van der Waals surface area contributed by atoms with Gasteiger partial charge in [-0.15, -0.1) is 0 Å². The van der Waals surface area contributed by atoms with E-state index < -0.39 is 12.2 Å². The summed E-state index contributed by atoms with van der Waals surface area (Å²) >= 11 is 0. The van der Waals surface area contributed by atoms with Gasteiger partial charge in [0.25, 0.3) is 0 Å². The van der Waals surface area contributed by atoms with Gasteiger partial charge in [-0.3, -0.25) is 0 Å². The molecule has 0 radical (unpaired) electrons. The van der Waals surface area contributed by atoms with Crippen LogP contribution >= 0.6 is 0 Å². The summed E-state index contributed by atoms with van der Waals surface area (Å²) in [5.74, 6) is 0. The molecule has 1 aromatic carbocycles. The number of carbonyl (C=O) groups is 1. The minimum absolute atomic E-state index is 0.218. The molecule has 0 aromatic heterocycles. The molecule has 1 amide bonds. The molecule has 5 heteroatoms. The van der Waals surface area contributed by atoms with Gasteiger partial charge in [0.05, 0.1) is 6.61 Å². The minimum atomic E-state index is -1.33. The molecule has 0 fully saturated rings. The summed E-state index contributed by atoms with van der Waals surface area (Å²) in [4.78, 5) is 8.78. The van der Waals surface area contributed by atoms with Gasteiger partial charge in [-0.25, -0.2) is 4.79 Å². The van der Waals surface area contributed by atoms with Crippen molar-refractivity contribution in [2.24, 2.45) is 5.73 Å². The van der Waals surface area contributed by atoms with E-state index in [1.54, 1.807) is 12.1 Å². The predicted octanol–water partition coefficient (Wildman–Crippen LogP) is 0.335. The standard InChI is InChI=1S/C8H10O2.CH3NO2/c9-6-8(10)7-4-2-1-3-5-7;2-1(3)4/h1-5,8-10H,6H2;2H2,(H,3,4). The molecular formula is C9H13NO4. The van der Waals surface area contributed by atoms with E-state index in [0.29, 0.717) is 0 Å². The summed E-state index contributed by atoms with van der Waals surface area (Å²) < 4.78 is 0. The van der Waals surface area contributed by atoms with Gasteiger partial charge < -0.3 is 21.1 Å². The SMILES string of the molecule is NC(=O)O.OCC(O)c1ccccc1. The van der Waals surface area contributed by atoms with Gasteiger partial charge in [0.1, 0.15) is 6.10 Å². The first-order valence-electron chi connectivity index (χ1n) is 3.90. The molecular weight excluding hydrogens is 186 g/mol. The van der Waals surface area contributed by atoms with Crippen molar-refractivity contribution in [3.05, 3.63) is 35.9 Å². The molecule has 0 saturated carbocycles. The third kappa shape index (κ3) is 5.99. The Morgan fingerprint density at radius 2 is 1.79 bits per heavy atom. The van der Waals surface area contributed by atoms with E-state index in [2.05, 4.69) is 5.73 Å². The monoisotopic (exact) mass is 199 g/mol. The number of hydrogen-bond donors (Lipinski definition) is 4. The molecule has 0 aliphatic heterocycles. The van der Waals surface area contributed by atoms with Crippen LogP contribution in [0.15, 0.2) is 30.3 Å². The first kappa shape index (κ1) is 12.4. The fourth-order valence-corrected chi connectivity index (χ4v) is 0.781. The summed E-state index contributed by atoms with van der Waals surface area (Å²) in [6.45, 7) is -0.218. The Kier molecular flexibility index (Phi) is 6.09. The lowest BCUT2D eigenvalue weighted by Crippen LogP contribution is -2.03. The molecule has 0 spiro atoms. The van der Waals surface area contributed by atoms with Crippen molar-refractivity contribution in [3.63, 3.8) is 0 Å². The van der Waals surface area contributed by atoms with Gasteiger partial charge in [-0.05, 0) is 5.56 Å². The molecule has 1 rings (SSSR count). The lowest BCUT2D eigenvalue weighted by Gasteiger charge is -2.05. The maximum atomic E-state index is 9.08. The largest absolute Gasteiger partial charge is 0.465 e. The van der Waals surface area contributed by atoms with Crippen molar-refractivity contribution in [1.82, 2.24) is 0 Å². The van der Waals surface area contributed by atoms with Crippen molar-refractivity contribution >= 4 is 6.09 Å². The first-order valence-corrected chi connectivity index (χ1v) is 3.90. The maximum absolute atomic E-state index is 9.08. The van der Waals surface area contributed by atoms with Crippen molar-refractivity contribution in [3.8, 4) is 0 Å². The van der Waals surface area contributed by atoms with Crippen LogP contribution in [0.5, 0.6) is 0 Å². The molecule has 5 nitrogen and oxygen atoms in total. The maximum Gasteiger partial charge on any atom is 0.402 e. The van der Waals surface area contributed by atoms with Gasteiger partial charge >= 0.3 is 6.09 Å². The topological polar surface area (TPSA) is 104 Å². The van der Waals surface area contributed by atoms with Gasteiger partial charge in [0.2, 0.25) is 0 Å². The van der Waals surface area contributed by atoms with Gasteiger partial charge in [0.15, 0.2) is 0 Å². The fourth-order valence-electron chi connectivity index (χ4n) is 0.781. The zero-order chi connectivity index (χ0) is 11.0. The second kappa shape index (κ2) is 6.88. The second-order valence-corrected chi connectivity index (χ2v) is 2.45. The van der Waals surface area contributed by atoms with E-state index in [0.717, 1.165) is 5.56 Å². The molecule has 0 bridgehead atoms. The van der Waals surface area contributed by atoms with Crippen molar-refractivity contribution in [1.29, 1.82) is 0 Å². The highest BCUT2D eigenvalue weighted by Gasteiger charge is 2.02. The van der Waals surface area contributed by atoms with Crippen LogP contribution in [-0.2, 0) is 0 Å². The normalized spacial score (nSPS) is 11.0. The van der Waals surface area contributed by atoms with Crippen molar-refractivity contribution in [2.75, 3.05) is 6.61 Å². The number of benzene rings is 1. The van der Waals surface area contributed by atoms with Crippen molar-refractivity contribution in [2.45, 2.75) is 6.10 Å². The zero-order valence-corrected chi connectivity index (χ0v) is 7.50. The molecule has 1 aromatic rings. The molecule has 5 N–H and O–H groups in total. The Hall–Kier alpha value is -1.59. The van der Waals surface area contributed by atoms with Gasteiger partial charge in [-0.2, -0.15) is 0 Å². The summed E-state index contributed by atoms with van der Waals surface area (Å²) in [6, 6.07) is 9.08. The van der Waals surface area contributed by atoms with Gasteiger partial charge in [-0.1, -0.05) is 30.3 Å². The summed E-state index contributed by atoms with van der Waals surface area (Å²) in [7, 11) is 0. The first-order chi connectivity index (χ1) is 6.57. The third-order valence-corrected chi connectivity index (χ3v) is 1.36. The van der Waals surface area contributed by atoms with Crippen LogP contribution in [0.3, 0.4) is 0 Å². The number of hydrogen-bond acceptors (Lipinski definition) is 3. The van der Waals surface area contributed by atoms with E-state index in [9.17, 15) is 0 Å². The molecule has 0 aliphatic carbocycles. The molecule has 14 heavy (non-hydrogen) atoms. The number of nitrogens with two attached hydrogens (primary N) is 1. The Bertz CT molecular complexity index is 259. The molecule has 78 valence electrons. The fraction of sp³-hybridized carbons (Fsp3) is 0.222. The average molecular weight is 199 g/mol. The summed E-state index contributed by atoms with van der Waals surface area (Å²) in [6.07, 6.45) is -2.07. The van der Waals surface area contributed by atoms with E-state index in [4.69, 9.17) is 20.1 Å². The van der Waals surface area contributed by atoms with Crippen LogP contribution in [0.2, 0.25) is 0 Å². The number of amides is 1. The average Bonchev–Trinajstić information content (AvgIpc) is 2.17. The van der Waals surface area contributed by atoms with Crippen LogP contribution in [0.4, 0.5) is 4.79 Å². The number of aliphatic hydroxyl groups excluding tert-OH is 2. The van der Waals surface area contributed by atoms with Crippen LogP contribution in [-0.4, -0.2) is 28.0 Å². The predicted molar refractivity (Wildman–Crippen MR) is 50.7 cm³/mol. The zero-order valence-electron chi connectivity index (χ0n) is 7.50. The molecule has 1 unspecified atom stereocenters.